The predicted molar refractivity (Wildman–Crippen MR) is 72.7 cm³/mol. The van der Waals surface area contributed by atoms with Crippen LogP contribution in [0.25, 0.3) is 0 Å². The number of carboxylic acid groups (broad SMARTS) is 1. The van der Waals surface area contributed by atoms with Crippen LogP contribution in [0.5, 0.6) is 5.75 Å². The van der Waals surface area contributed by atoms with Crippen molar-refractivity contribution in [1.82, 2.24) is 5.32 Å². The third kappa shape index (κ3) is 4.89. The maximum atomic E-state index is 10.7. The summed E-state index contributed by atoms with van der Waals surface area (Å²) in [5.74, 6) is -0.325. The van der Waals surface area contributed by atoms with Crippen LogP contribution in [0.3, 0.4) is 0 Å². The average Bonchev–Trinajstić information content (AvgIpc) is 2.35. The number of nitrogens with one attached hydrogen (secondary N) is 1. The monoisotopic (exact) mass is 267 g/mol. The van der Waals surface area contributed by atoms with Gasteiger partial charge in [0.05, 0.1) is 11.7 Å². The SMILES string of the molecule is CC(O)C(C)(C)NCCOc1ccc(C(=O)O)cc1. The highest BCUT2D eigenvalue weighted by Gasteiger charge is 2.22. The van der Waals surface area contributed by atoms with Gasteiger partial charge < -0.3 is 20.3 Å². The van der Waals surface area contributed by atoms with E-state index in [-0.39, 0.29) is 11.1 Å². The molecule has 5 heteroatoms. The average molecular weight is 267 g/mol. The molecular weight excluding hydrogens is 246 g/mol. The third-order valence-electron chi connectivity index (χ3n) is 3.10. The first-order valence-electron chi connectivity index (χ1n) is 6.22. The minimum absolute atomic E-state index is 0.237. The molecule has 0 amide bonds. The molecule has 1 unspecified atom stereocenters. The van der Waals surface area contributed by atoms with Gasteiger partial charge in [0.15, 0.2) is 0 Å². The van der Waals surface area contributed by atoms with E-state index in [1.807, 2.05) is 13.8 Å². The second-order valence-electron chi connectivity index (χ2n) is 5.00. The lowest BCUT2D eigenvalue weighted by molar-refractivity contribution is 0.0697. The van der Waals surface area contributed by atoms with Gasteiger partial charge in [0.1, 0.15) is 12.4 Å². The zero-order valence-corrected chi connectivity index (χ0v) is 11.5. The summed E-state index contributed by atoms with van der Waals surface area (Å²) in [5.41, 5.74) is -0.128. The Morgan fingerprint density at radius 3 is 2.42 bits per heavy atom. The molecule has 0 aliphatic rings. The molecular formula is C14H21NO4. The number of aliphatic hydroxyl groups is 1. The van der Waals surface area contributed by atoms with Crippen molar-refractivity contribution in [1.29, 1.82) is 0 Å². The first-order valence-corrected chi connectivity index (χ1v) is 6.22. The van der Waals surface area contributed by atoms with Crippen molar-refractivity contribution >= 4 is 5.97 Å². The van der Waals surface area contributed by atoms with E-state index in [0.717, 1.165) is 0 Å². The fourth-order valence-electron chi connectivity index (χ4n) is 1.38. The molecule has 0 aliphatic heterocycles. The lowest BCUT2D eigenvalue weighted by Crippen LogP contribution is -2.49. The molecule has 0 spiro atoms. The number of hydrogen-bond donors (Lipinski definition) is 3. The van der Waals surface area contributed by atoms with Crippen LogP contribution in [-0.4, -0.2) is 41.0 Å². The second kappa shape index (κ2) is 6.54. The smallest absolute Gasteiger partial charge is 0.335 e. The number of aromatic carboxylic acids is 1. The molecule has 5 nitrogen and oxygen atoms in total. The van der Waals surface area contributed by atoms with Gasteiger partial charge in [-0.05, 0) is 45.0 Å². The highest BCUT2D eigenvalue weighted by atomic mass is 16.5. The molecule has 3 N–H and O–H groups in total. The molecule has 0 fully saturated rings. The molecule has 0 saturated carbocycles. The summed E-state index contributed by atoms with van der Waals surface area (Å²) in [5, 5.41) is 21.5. The zero-order valence-electron chi connectivity index (χ0n) is 11.5. The van der Waals surface area contributed by atoms with E-state index in [9.17, 15) is 9.90 Å². The van der Waals surface area contributed by atoms with Crippen molar-refractivity contribution in [2.24, 2.45) is 0 Å². The molecule has 1 aromatic carbocycles. The summed E-state index contributed by atoms with van der Waals surface area (Å²) < 4.78 is 5.48. The molecule has 0 radical (unpaired) electrons. The van der Waals surface area contributed by atoms with Crippen molar-refractivity contribution in [2.45, 2.75) is 32.4 Å². The molecule has 0 saturated heterocycles. The third-order valence-corrected chi connectivity index (χ3v) is 3.10. The summed E-state index contributed by atoms with van der Waals surface area (Å²) in [7, 11) is 0. The largest absolute Gasteiger partial charge is 0.492 e. The normalized spacial score (nSPS) is 13.1. The van der Waals surface area contributed by atoms with Crippen molar-refractivity contribution in [2.75, 3.05) is 13.2 Å². The Bertz CT molecular complexity index is 412. The van der Waals surface area contributed by atoms with Crippen LogP contribution < -0.4 is 10.1 Å². The number of rotatable bonds is 7. The Labute approximate surface area is 113 Å². The topological polar surface area (TPSA) is 78.8 Å². The lowest BCUT2D eigenvalue weighted by Gasteiger charge is -2.29. The maximum absolute atomic E-state index is 10.7. The number of hydrogen-bond acceptors (Lipinski definition) is 4. The van der Waals surface area contributed by atoms with E-state index >= 15 is 0 Å². The standard InChI is InChI=1S/C14H21NO4/c1-10(16)14(2,3)15-8-9-19-12-6-4-11(5-7-12)13(17)18/h4-7,10,15-16H,8-9H2,1-3H3,(H,17,18). The maximum Gasteiger partial charge on any atom is 0.335 e. The molecule has 0 aromatic heterocycles. The summed E-state index contributed by atoms with van der Waals surface area (Å²) in [6.45, 7) is 6.61. The van der Waals surface area contributed by atoms with Gasteiger partial charge in [0.2, 0.25) is 0 Å². The number of benzene rings is 1. The summed E-state index contributed by atoms with van der Waals surface area (Å²) in [6, 6.07) is 6.27. The van der Waals surface area contributed by atoms with Crippen LogP contribution in [0.4, 0.5) is 0 Å². The fourth-order valence-corrected chi connectivity index (χ4v) is 1.38. The first-order chi connectivity index (χ1) is 8.83. The Morgan fingerprint density at radius 2 is 1.95 bits per heavy atom. The Kier molecular flexibility index (Phi) is 5.32. The molecule has 19 heavy (non-hydrogen) atoms. The molecule has 0 heterocycles. The molecule has 0 aliphatic carbocycles. The van der Waals surface area contributed by atoms with Gasteiger partial charge in [0, 0.05) is 12.1 Å². The minimum atomic E-state index is -0.952. The Hall–Kier alpha value is -1.59. The summed E-state index contributed by atoms with van der Waals surface area (Å²) in [6.07, 6.45) is -0.456. The van der Waals surface area contributed by atoms with Crippen molar-refractivity contribution < 1.29 is 19.7 Å². The van der Waals surface area contributed by atoms with Crippen molar-refractivity contribution in [3.63, 3.8) is 0 Å². The number of aliphatic hydroxyl groups excluding tert-OH is 1. The second-order valence-corrected chi connectivity index (χ2v) is 5.00. The van der Waals surface area contributed by atoms with Gasteiger partial charge in [-0.2, -0.15) is 0 Å². The molecule has 0 bridgehead atoms. The van der Waals surface area contributed by atoms with Crippen LogP contribution in [0.2, 0.25) is 0 Å². The van der Waals surface area contributed by atoms with Gasteiger partial charge in [-0.25, -0.2) is 4.79 Å². The quantitative estimate of drug-likeness (QED) is 0.653. The molecule has 1 rings (SSSR count). The fraction of sp³-hybridized carbons (Fsp3) is 0.500. The van der Waals surface area contributed by atoms with Crippen LogP contribution in [-0.2, 0) is 0 Å². The lowest BCUT2D eigenvalue weighted by atomic mass is 9.99. The minimum Gasteiger partial charge on any atom is -0.492 e. The van der Waals surface area contributed by atoms with E-state index < -0.39 is 12.1 Å². The van der Waals surface area contributed by atoms with Gasteiger partial charge in [-0.15, -0.1) is 0 Å². The Balaban J connectivity index is 2.36. The van der Waals surface area contributed by atoms with Gasteiger partial charge in [-0.3, -0.25) is 0 Å². The number of carboxylic acids is 1. The highest BCUT2D eigenvalue weighted by molar-refractivity contribution is 5.87. The van der Waals surface area contributed by atoms with Crippen LogP contribution in [0.15, 0.2) is 24.3 Å². The van der Waals surface area contributed by atoms with E-state index in [1.165, 1.54) is 12.1 Å². The van der Waals surface area contributed by atoms with Crippen molar-refractivity contribution in [3.05, 3.63) is 29.8 Å². The summed E-state index contributed by atoms with van der Waals surface area (Å²) in [4.78, 5) is 10.7. The van der Waals surface area contributed by atoms with Crippen LogP contribution >= 0.6 is 0 Å². The van der Waals surface area contributed by atoms with Gasteiger partial charge in [-0.1, -0.05) is 0 Å². The zero-order chi connectivity index (χ0) is 14.5. The predicted octanol–water partition coefficient (Wildman–Crippen LogP) is 1.51. The van der Waals surface area contributed by atoms with Gasteiger partial charge >= 0.3 is 5.97 Å². The van der Waals surface area contributed by atoms with Crippen molar-refractivity contribution in [3.8, 4) is 5.75 Å². The van der Waals surface area contributed by atoms with E-state index in [1.54, 1.807) is 19.1 Å². The number of carbonyl (C=O) groups is 1. The first kappa shape index (κ1) is 15.5. The molecule has 106 valence electrons. The van der Waals surface area contributed by atoms with Crippen LogP contribution in [0, 0.1) is 0 Å². The van der Waals surface area contributed by atoms with Gasteiger partial charge in [0.25, 0.3) is 0 Å². The van der Waals surface area contributed by atoms with E-state index in [4.69, 9.17) is 9.84 Å². The van der Waals surface area contributed by atoms with Crippen LogP contribution in [0.1, 0.15) is 31.1 Å². The number of ether oxygens (including phenoxy) is 1. The van der Waals surface area contributed by atoms with E-state index in [0.29, 0.717) is 18.9 Å². The summed E-state index contributed by atoms with van der Waals surface area (Å²) >= 11 is 0. The molecule has 1 aromatic rings. The Morgan fingerprint density at radius 1 is 1.37 bits per heavy atom. The highest BCUT2D eigenvalue weighted by Crippen LogP contribution is 2.12. The molecule has 1 atom stereocenters. The van der Waals surface area contributed by atoms with E-state index in [2.05, 4.69) is 5.32 Å².